The Morgan fingerprint density at radius 1 is 1.33 bits per heavy atom. The fraction of sp³-hybridized carbons (Fsp3) is 0.250. The fourth-order valence-electron chi connectivity index (χ4n) is 2.26. The van der Waals surface area contributed by atoms with E-state index in [9.17, 15) is 0 Å². The number of hydrogen-bond donors (Lipinski definition) is 2. The van der Waals surface area contributed by atoms with Crippen molar-refractivity contribution < 1.29 is 4.74 Å². The molecule has 21 heavy (non-hydrogen) atoms. The number of thiocarbonyl (C=S) groups is 1. The van der Waals surface area contributed by atoms with Crippen LogP contribution in [0.15, 0.2) is 30.3 Å². The van der Waals surface area contributed by atoms with Crippen molar-refractivity contribution in [1.29, 1.82) is 0 Å². The van der Waals surface area contributed by atoms with Crippen molar-refractivity contribution in [3.63, 3.8) is 0 Å². The number of aromatic nitrogens is 1. The average molecular weight is 301 g/mol. The summed E-state index contributed by atoms with van der Waals surface area (Å²) in [5.41, 5.74) is 10.4. The molecule has 0 aliphatic carbocycles. The summed E-state index contributed by atoms with van der Waals surface area (Å²) in [6.07, 6.45) is 0. The molecule has 3 N–H and O–H groups in total. The highest BCUT2D eigenvalue weighted by atomic mass is 32.1. The van der Waals surface area contributed by atoms with E-state index in [-0.39, 0.29) is 0 Å². The van der Waals surface area contributed by atoms with E-state index in [0.29, 0.717) is 11.5 Å². The van der Waals surface area contributed by atoms with Crippen LogP contribution in [0.2, 0.25) is 0 Å². The smallest absolute Gasteiger partial charge is 0.119 e. The zero-order valence-electron chi connectivity index (χ0n) is 12.4. The van der Waals surface area contributed by atoms with Gasteiger partial charge < -0.3 is 15.8 Å². The highest BCUT2D eigenvalue weighted by molar-refractivity contribution is 7.80. The minimum atomic E-state index is 0.355. The molecule has 0 amide bonds. The molecular weight excluding hydrogens is 282 g/mol. The number of ether oxygens (including phenoxy) is 1. The number of benzene rings is 1. The third kappa shape index (κ3) is 3.70. The number of rotatable bonds is 5. The molecule has 0 saturated carbocycles. The summed E-state index contributed by atoms with van der Waals surface area (Å²) in [4.78, 5) is 4.77. The van der Waals surface area contributed by atoms with Crippen LogP contribution in [-0.2, 0) is 6.54 Å². The minimum Gasteiger partial charge on any atom is -0.497 e. The fourth-order valence-corrected chi connectivity index (χ4v) is 2.52. The number of anilines is 1. The number of nitrogens with zero attached hydrogens (tertiary/aromatic N) is 1. The predicted octanol–water partition coefficient (Wildman–Crippen LogP) is 2.95. The lowest BCUT2D eigenvalue weighted by Gasteiger charge is -2.14. The first-order valence-corrected chi connectivity index (χ1v) is 7.07. The molecule has 0 aliphatic rings. The molecule has 2 rings (SSSR count). The Hall–Kier alpha value is -2.14. The van der Waals surface area contributed by atoms with E-state index in [2.05, 4.69) is 10.3 Å². The third-order valence-electron chi connectivity index (χ3n) is 3.19. The molecule has 0 atom stereocenters. The first-order valence-electron chi connectivity index (χ1n) is 6.66. The Morgan fingerprint density at radius 2 is 2.10 bits per heavy atom. The Kier molecular flexibility index (Phi) is 4.75. The first-order chi connectivity index (χ1) is 10.0. The number of pyridine rings is 1. The molecule has 0 spiro atoms. The van der Waals surface area contributed by atoms with Crippen LogP contribution in [0.5, 0.6) is 5.75 Å². The maximum absolute atomic E-state index is 5.81. The summed E-state index contributed by atoms with van der Waals surface area (Å²) in [6.45, 7) is 4.53. The normalized spacial score (nSPS) is 10.2. The summed E-state index contributed by atoms with van der Waals surface area (Å²) >= 11 is 5.13. The van der Waals surface area contributed by atoms with E-state index in [4.69, 9.17) is 22.7 Å². The molecule has 0 radical (unpaired) electrons. The van der Waals surface area contributed by atoms with Gasteiger partial charge in [0.05, 0.1) is 12.7 Å². The maximum atomic E-state index is 5.81. The van der Waals surface area contributed by atoms with Crippen LogP contribution < -0.4 is 15.8 Å². The van der Waals surface area contributed by atoms with Crippen LogP contribution >= 0.6 is 12.2 Å². The summed E-state index contributed by atoms with van der Waals surface area (Å²) < 4.78 is 5.23. The standard InChI is InChI=1S/C16H19N3OS/c1-10-7-14(15(16(17)21)11(2)19-10)18-9-12-5-4-6-13(8-12)20-3/h4-8H,9H2,1-3H3,(H2,17,21)(H,18,19). The summed E-state index contributed by atoms with van der Waals surface area (Å²) in [5, 5.41) is 3.38. The first kappa shape index (κ1) is 15.3. The lowest BCUT2D eigenvalue weighted by atomic mass is 10.1. The van der Waals surface area contributed by atoms with E-state index in [1.54, 1.807) is 7.11 Å². The molecule has 0 unspecified atom stereocenters. The number of aryl methyl sites for hydroxylation is 2. The highest BCUT2D eigenvalue weighted by Crippen LogP contribution is 2.21. The van der Waals surface area contributed by atoms with Gasteiger partial charge in [0, 0.05) is 23.6 Å². The lowest BCUT2D eigenvalue weighted by Crippen LogP contribution is -2.16. The topological polar surface area (TPSA) is 60.2 Å². The number of methoxy groups -OCH3 is 1. The van der Waals surface area contributed by atoms with Gasteiger partial charge in [0.2, 0.25) is 0 Å². The Bertz CT molecular complexity index is 671. The van der Waals surface area contributed by atoms with E-state index >= 15 is 0 Å². The Labute approximate surface area is 130 Å². The number of nitrogens with two attached hydrogens (primary N) is 1. The number of hydrogen-bond acceptors (Lipinski definition) is 4. The monoisotopic (exact) mass is 301 g/mol. The molecule has 1 heterocycles. The Balaban J connectivity index is 2.25. The molecule has 0 aliphatic heterocycles. The molecule has 0 bridgehead atoms. The molecule has 110 valence electrons. The second kappa shape index (κ2) is 6.54. The van der Waals surface area contributed by atoms with Crippen molar-refractivity contribution in [3.05, 3.63) is 52.8 Å². The van der Waals surface area contributed by atoms with Gasteiger partial charge in [0.1, 0.15) is 10.7 Å². The van der Waals surface area contributed by atoms with Gasteiger partial charge in [0.15, 0.2) is 0 Å². The van der Waals surface area contributed by atoms with Crippen molar-refractivity contribution in [3.8, 4) is 5.75 Å². The van der Waals surface area contributed by atoms with Gasteiger partial charge in [-0.3, -0.25) is 4.98 Å². The Morgan fingerprint density at radius 3 is 2.76 bits per heavy atom. The molecular formula is C16H19N3OS. The van der Waals surface area contributed by atoms with E-state index in [1.807, 2.05) is 44.2 Å². The molecule has 4 nitrogen and oxygen atoms in total. The van der Waals surface area contributed by atoms with Crippen LogP contribution in [0.1, 0.15) is 22.5 Å². The quantitative estimate of drug-likeness (QED) is 0.832. The van der Waals surface area contributed by atoms with Crippen molar-refractivity contribution in [2.45, 2.75) is 20.4 Å². The SMILES string of the molecule is COc1cccc(CNc2cc(C)nc(C)c2C(N)=S)c1. The number of nitrogens with one attached hydrogen (secondary N) is 1. The molecule has 5 heteroatoms. The van der Waals surface area contributed by atoms with Gasteiger partial charge in [-0.15, -0.1) is 0 Å². The van der Waals surface area contributed by atoms with Crippen LogP contribution in [0.25, 0.3) is 0 Å². The van der Waals surface area contributed by atoms with Crippen molar-refractivity contribution in [1.82, 2.24) is 4.98 Å². The second-order valence-corrected chi connectivity index (χ2v) is 5.28. The maximum Gasteiger partial charge on any atom is 0.119 e. The summed E-state index contributed by atoms with van der Waals surface area (Å²) in [5.74, 6) is 0.839. The van der Waals surface area contributed by atoms with Gasteiger partial charge in [0.25, 0.3) is 0 Å². The second-order valence-electron chi connectivity index (χ2n) is 4.84. The largest absolute Gasteiger partial charge is 0.497 e. The lowest BCUT2D eigenvalue weighted by molar-refractivity contribution is 0.414. The van der Waals surface area contributed by atoms with Crippen LogP contribution in [0, 0.1) is 13.8 Å². The molecule has 1 aromatic carbocycles. The van der Waals surface area contributed by atoms with E-state index in [1.165, 1.54) is 0 Å². The van der Waals surface area contributed by atoms with Crippen LogP contribution in [0.4, 0.5) is 5.69 Å². The molecule has 1 aromatic heterocycles. The zero-order chi connectivity index (χ0) is 15.4. The minimum absolute atomic E-state index is 0.355. The molecule has 0 fully saturated rings. The zero-order valence-corrected chi connectivity index (χ0v) is 13.3. The predicted molar refractivity (Wildman–Crippen MR) is 89.9 cm³/mol. The molecule has 2 aromatic rings. The van der Waals surface area contributed by atoms with Crippen LogP contribution in [-0.4, -0.2) is 17.1 Å². The average Bonchev–Trinajstić information content (AvgIpc) is 2.44. The van der Waals surface area contributed by atoms with E-state index in [0.717, 1.165) is 34.0 Å². The van der Waals surface area contributed by atoms with E-state index < -0.39 is 0 Å². The van der Waals surface area contributed by atoms with Crippen molar-refractivity contribution in [2.75, 3.05) is 12.4 Å². The third-order valence-corrected chi connectivity index (χ3v) is 3.40. The van der Waals surface area contributed by atoms with Gasteiger partial charge in [-0.1, -0.05) is 24.4 Å². The van der Waals surface area contributed by atoms with Gasteiger partial charge in [-0.25, -0.2) is 0 Å². The molecule has 0 saturated heterocycles. The highest BCUT2D eigenvalue weighted by Gasteiger charge is 2.11. The van der Waals surface area contributed by atoms with Crippen molar-refractivity contribution in [2.24, 2.45) is 5.73 Å². The van der Waals surface area contributed by atoms with Crippen molar-refractivity contribution >= 4 is 22.9 Å². The summed E-state index contributed by atoms with van der Waals surface area (Å²) in [7, 11) is 1.66. The summed E-state index contributed by atoms with van der Waals surface area (Å²) in [6, 6.07) is 9.88. The van der Waals surface area contributed by atoms with Gasteiger partial charge in [-0.2, -0.15) is 0 Å². The van der Waals surface area contributed by atoms with Gasteiger partial charge >= 0.3 is 0 Å². The van der Waals surface area contributed by atoms with Gasteiger partial charge in [-0.05, 0) is 37.6 Å². The van der Waals surface area contributed by atoms with Crippen LogP contribution in [0.3, 0.4) is 0 Å².